The first-order chi connectivity index (χ1) is 7.68. The highest BCUT2D eigenvalue weighted by molar-refractivity contribution is 5.21. The van der Waals surface area contributed by atoms with Crippen LogP contribution in [0.1, 0.15) is 17.9 Å². The molecule has 5 nitrogen and oxygen atoms in total. The van der Waals surface area contributed by atoms with Gasteiger partial charge in [0.2, 0.25) is 6.04 Å². The number of ether oxygens (including phenoxy) is 1. The molecular formula is C11H13NO4. The van der Waals surface area contributed by atoms with E-state index in [1.807, 2.05) is 30.3 Å². The third-order valence-corrected chi connectivity index (χ3v) is 2.88. The molecular weight excluding hydrogens is 210 g/mol. The number of rotatable bonds is 2. The Morgan fingerprint density at radius 3 is 2.69 bits per heavy atom. The number of aliphatic hydroxyl groups is 1. The minimum Gasteiger partial charge on any atom is -0.368 e. The van der Waals surface area contributed by atoms with Gasteiger partial charge in [-0.3, -0.25) is 10.1 Å². The largest absolute Gasteiger partial charge is 0.368 e. The van der Waals surface area contributed by atoms with Gasteiger partial charge in [-0.1, -0.05) is 30.3 Å². The molecule has 3 atom stereocenters. The highest BCUT2D eigenvalue weighted by Gasteiger charge is 2.39. The van der Waals surface area contributed by atoms with E-state index in [1.165, 1.54) is 0 Å². The van der Waals surface area contributed by atoms with Crippen molar-refractivity contribution >= 4 is 0 Å². The molecule has 1 aliphatic rings. The summed E-state index contributed by atoms with van der Waals surface area (Å²) in [6.07, 6.45) is -0.628. The van der Waals surface area contributed by atoms with Crippen LogP contribution in [0, 0.1) is 10.1 Å². The van der Waals surface area contributed by atoms with E-state index < -0.39 is 12.3 Å². The van der Waals surface area contributed by atoms with Crippen molar-refractivity contribution in [1.29, 1.82) is 0 Å². The average Bonchev–Trinajstić information content (AvgIpc) is 2.29. The summed E-state index contributed by atoms with van der Waals surface area (Å²) in [6.45, 7) is -0.0340. The van der Waals surface area contributed by atoms with Gasteiger partial charge in [-0.15, -0.1) is 0 Å². The summed E-state index contributed by atoms with van der Waals surface area (Å²) in [6, 6.07) is 8.46. The molecule has 0 amide bonds. The third kappa shape index (κ3) is 2.20. The van der Waals surface area contributed by atoms with Crippen molar-refractivity contribution in [3.63, 3.8) is 0 Å². The van der Waals surface area contributed by atoms with E-state index >= 15 is 0 Å². The highest BCUT2D eigenvalue weighted by Crippen LogP contribution is 2.30. The second-order valence-corrected chi connectivity index (χ2v) is 3.89. The summed E-state index contributed by atoms with van der Waals surface area (Å²) in [4.78, 5) is 10.6. The summed E-state index contributed by atoms with van der Waals surface area (Å²) in [7, 11) is 0. The van der Waals surface area contributed by atoms with E-state index in [4.69, 9.17) is 4.74 Å². The van der Waals surface area contributed by atoms with Gasteiger partial charge in [0.05, 0.1) is 5.92 Å². The molecule has 1 heterocycles. The maximum Gasteiger partial charge on any atom is 0.243 e. The van der Waals surface area contributed by atoms with Gasteiger partial charge in [0, 0.05) is 11.3 Å². The fourth-order valence-electron chi connectivity index (χ4n) is 2.03. The summed E-state index contributed by atoms with van der Waals surface area (Å²) in [5.74, 6) is -0.278. The second kappa shape index (κ2) is 4.59. The van der Waals surface area contributed by atoms with Gasteiger partial charge in [-0.05, 0) is 5.56 Å². The molecule has 0 radical (unpaired) electrons. The zero-order valence-corrected chi connectivity index (χ0v) is 8.65. The van der Waals surface area contributed by atoms with Crippen molar-refractivity contribution in [3.8, 4) is 0 Å². The van der Waals surface area contributed by atoms with Crippen LogP contribution in [0.2, 0.25) is 0 Å². The first kappa shape index (κ1) is 11.0. The van der Waals surface area contributed by atoms with Crippen LogP contribution in [-0.4, -0.2) is 29.0 Å². The van der Waals surface area contributed by atoms with Crippen molar-refractivity contribution in [1.82, 2.24) is 0 Å². The van der Waals surface area contributed by atoms with Crippen LogP contribution in [-0.2, 0) is 4.74 Å². The van der Waals surface area contributed by atoms with E-state index in [2.05, 4.69) is 0 Å². The zero-order chi connectivity index (χ0) is 11.5. The Balaban J connectivity index is 2.24. The molecule has 0 aliphatic carbocycles. The number of aliphatic hydroxyl groups excluding tert-OH is 1. The molecule has 0 bridgehead atoms. The number of benzene rings is 1. The first-order valence-electron chi connectivity index (χ1n) is 5.16. The lowest BCUT2D eigenvalue weighted by Gasteiger charge is -2.29. The zero-order valence-electron chi connectivity index (χ0n) is 8.65. The molecule has 1 aromatic rings. The lowest BCUT2D eigenvalue weighted by molar-refractivity contribution is -0.538. The van der Waals surface area contributed by atoms with Crippen LogP contribution in [0.3, 0.4) is 0 Å². The van der Waals surface area contributed by atoms with E-state index in [-0.39, 0.29) is 23.9 Å². The maximum atomic E-state index is 10.9. The topological polar surface area (TPSA) is 72.6 Å². The van der Waals surface area contributed by atoms with E-state index in [9.17, 15) is 15.2 Å². The molecule has 0 spiro atoms. The predicted octanol–water partition coefficient (Wildman–Crippen LogP) is 1.15. The standard InChI is InChI=1S/C11H13NO4/c13-11-6-9(8-4-2-1-3-5-8)10(7-16-11)12(14)15/h1-5,9-11,13H,6-7H2/t9-,10+,11+/m0/s1. The molecule has 1 N–H and O–H groups in total. The molecule has 1 fully saturated rings. The smallest absolute Gasteiger partial charge is 0.243 e. The van der Waals surface area contributed by atoms with E-state index in [0.29, 0.717) is 0 Å². The molecule has 2 rings (SSSR count). The van der Waals surface area contributed by atoms with E-state index in [0.717, 1.165) is 5.56 Å². The molecule has 1 aromatic carbocycles. The van der Waals surface area contributed by atoms with Crippen molar-refractivity contribution < 1.29 is 14.8 Å². The minimum atomic E-state index is -0.901. The van der Waals surface area contributed by atoms with Crippen LogP contribution in [0.25, 0.3) is 0 Å². The summed E-state index contributed by atoms with van der Waals surface area (Å²) < 4.78 is 4.92. The second-order valence-electron chi connectivity index (χ2n) is 3.89. The van der Waals surface area contributed by atoms with Crippen LogP contribution in [0.4, 0.5) is 0 Å². The number of hydrogen-bond acceptors (Lipinski definition) is 4. The van der Waals surface area contributed by atoms with E-state index in [1.54, 1.807) is 0 Å². The lowest BCUT2D eigenvalue weighted by Crippen LogP contribution is -2.40. The Kier molecular flexibility index (Phi) is 3.17. The Morgan fingerprint density at radius 1 is 1.38 bits per heavy atom. The van der Waals surface area contributed by atoms with Gasteiger partial charge in [-0.2, -0.15) is 0 Å². The van der Waals surface area contributed by atoms with Crippen molar-refractivity contribution in [2.24, 2.45) is 0 Å². The maximum absolute atomic E-state index is 10.9. The number of nitro groups is 1. The van der Waals surface area contributed by atoms with Gasteiger partial charge in [0.25, 0.3) is 0 Å². The van der Waals surface area contributed by atoms with Crippen molar-refractivity contribution in [3.05, 3.63) is 46.0 Å². The molecule has 16 heavy (non-hydrogen) atoms. The SMILES string of the molecule is O=[N+]([O-])[C@@H]1CO[C@@H](O)C[C@H]1c1ccccc1. The quantitative estimate of drug-likeness (QED) is 0.603. The van der Waals surface area contributed by atoms with Crippen LogP contribution < -0.4 is 0 Å². The number of nitrogens with zero attached hydrogens (tertiary/aromatic N) is 1. The van der Waals surface area contributed by atoms with Crippen molar-refractivity contribution in [2.75, 3.05) is 6.61 Å². The molecule has 0 aromatic heterocycles. The minimum absolute atomic E-state index is 0.0340. The Hall–Kier alpha value is -1.46. The Morgan fingerprint density at radius 2 is 2.06 bits per heavy atom. The molecule has 0 unspecified atom stereocenters. The first-order valence-corrected chi connectivity index (χ1v) is 5.16. The lowest BCUT2D eigenvalue weighted by atomic mass is 9.87. The average molecular weight is 223 g/mol. The molecule has 5 heteroatoms. The third-order valence-electron chi connectivity index (χ3n) is 2.88. The molecule has 0 saturated carbocycles. The normalized spacial score (nSPS) is 29.9. The summed E-state index contributed by atoms with van der Waals surface area (Å²) in [5, 5.41) is 20.3. The van der Waals surface area contributed by atoms with Crippen molar-refractivity contribution in [2.45, 2.75) is 24.7 Å². The van der Waals surface area contributed by atoms with Gasteiger partial charge >= 0.3 is 0 Å². The fraction of sp³-hybridized carbons (Fsp3) is 0.455. The Bertz CT molecular complexity index is 368. The molecule has 1 aliphatic heterocycles. The number of hydrogen-bond donors (Lipinski definition) is 1. The van der Waals surface area contributed by atoms with Crippen LogP contribution in [0.5, 0.6) is 0 Å². The summed E-state index contributed by atoms with van der Waals surface area (Å²) in [5.41, 5.74) is 0.881. The van der Waals surface area contributed by atoms with Crippen LogP contribution >= 0.6 is 0 Å². The van der Waals surface area contributed by atoms with Gasteiger partial charge in [-0.25, -0.2) is 0 Å². The highest BCUT2D eigenvalue weighted by atomic mass is 16.6. The Labute approximate surface area is 92.8 Å². The molecule has 86 valence electrons. The van der Waals surface area contributed by atoms with Gasteiger partial charge < -0.3 is 9.84 Å². The van der Waals surface area contributed by atoms with Gasteiger partial charge in [0.15, 0.2) is 6.29 Å². The fourth-order valence-corrected chi connectivity index (χ4v) is 2.03. The summed E-state index contributed by atoms with van der Waals surface area (Å²) >= 11 is 0. The van der Waals surface area contributed by atoms with Crippen LogP contribution in [0.15, 0.2) is 30.3 Å². The monoisotopic (exact) mass is 223 g/mol. The molecule has 1 saturated heterocycles. The van der Waals surface area contributed by atoms with Gasteiger partial charge in [0.1, 0.15) is 6.61 Å². The predicted molar refractivity (Wildman–Crippen MR) is 56.5 cm³/mol.